The van der Waals surface area contributed by atoms with E-state index < -0.39 is 17.3 Å². The van der Waals surface area contributed by atoms with E-state index in [1.54, 1.807) is 24.3 Å². The van der Waals surface area contributed by atoms with Gasteiger partial charge in [0.15, 0.2) is 0 Å². The molecule has 0 unspecified atom stereocenters. The lowest BCUT2D eigenvalue weighted by molar-refractivity contribution is -0.124. The molecule has 4 nitrogen and oxygen atoms in total. The first-order valence-corrected chi connectivity index (χ1v) is 10.4. The maximum Gasteiger partial charge on any atom is 0.239 e. The number of hydrogen-bond donors (Lipinski definition) is 1. The zero-order valence-electron chi connectivity index (χ0n) is 16.0. The smallest absolute Gasteiger partial charge is 0.239 e. The predicted molar refractivity (Wildman–Crippen MR) is 114 cm³/mol. The molecule has 30 heavy (non-hydrogen) atoms. The third kappa shape index (κ3) is 1.96. The van der Waals surface area contributed by atoms with Crippen LogP contribution in [-0.4, -0.2) is 23.5 Å². The van der Waals surface area contributed by atoms with Gasteiger partial charge in [0, 0.05) is 10.9 Å². The molecule has 2 bridgehead atoms. The molecule has 3 aromatic carbocycles. The highest BCUT2D eigenvalue weighted by Gasteiger charge is 2.68. The van der Waals surface area contributed by atoms with Gasteiger partial charge in [0.25, 0.3) is 0 Å². The second-order valence-electron chi connectivity index (χ2n) is 8.27. The number of amides is 2. The summed E-state index contributed by atoms with van der Waals surface area (Å²) in [5.41, 5.74) is 3.56. The Balaban J connectivity index is 1.63. The van der Waals surface area contributed by atoms with E-state index in [-0.39, 0.29) is 24.3 Å². The SMILES string of the molecule is O=C1[C@@H]2C3c4ccccc4C(CO)(c4ccccc43)[C@@H]2C(=O)N1c1ccc(Cl)cc1. The topological polar surface area (TPSA) is 57.6 Å². The quantitative estimate of drug-likeness (QED) is 0.646. The maximum absolute atomic E-state index is 13.8. The highest BCUT2D eigenvalue weighted by atomic mass is 35.5. The third-order valence-electron chi connectivity index (χ3n) is 7.13. The maximum atomic E-state index is 13.8. The zero-order chi connectivity index (χ0) is 20.6. The van der Waals surface area contributed by atoms with E-state index in [2.05, 4.69) is 0 Å². The summed E-state index contributed by atoms with van der Waals surface area (Å²) in [7, 11) is 0. The van der Waals surface area contributed by atoms with Crippen LogP contribution in [0.15, 0.2) is 72.8 Å². The van der Waals surface area contributed by atoms with Crippen molar-refractivity contribution >= 4 is 29.1 Å². The van der Waals surface area contributed by atoms with Crippen LogP contribution in [0.1, 0.15) is 28.2 Å². The van der Waals surface area contributed by atoms with Crippen LogP contribution in [0.4, 0.5) is 5.69 Å². The Kier molecular flexibility index (Phi) is 3.59. The predicted octanol–water partition coefficient (Wildman–Crippen LogP) is 3.88. The first-order chi connectivity index (χ1) is 14.6. The fourth-order valence-electron chi connectivity index (χ4n) is 6.04. The molecule has 4 aliphatic rings. The number of aliphatic hydroxyl groups is 1. The fraction of sp³-hybridized carbons (Fsp3) is 0.200. The summed E-state index contributed by atoms with van der Waals surface area (Å²) in [5, 5.41) is 11.3. The normalized spacial score (nSPS) is 28.3. The van der Waals surface area contributed by atoms with Crippen molar-refractivity contribution in [2.24, 2.45) is 11.8 Å². The lowest BCUT2D eigenvalue weighted by atomic mass is 9.47. The van der Waals surface area contributed by atoms with Gasteiger partial charge >= 0.3 is 0 Å². The summed E-state index contributed by atoms with van der Waals surface area (Å²) in [6, 6.07) is 22.6. The molecule has 1 N–H and O–H groups in total. The number of carbonyl (C=O) groups excluding carboxylic acids is 2. The summed E-state index contributed by atoms with van der Waals surface area (Å²) >= 11 is 6.01. The van der Waals surface area contributed by atoms with Gasteiger partial charge < -0.3 is 5.11 Å². The molecule has 2 amide bonds. The molecular formula is C25H18ClNO3. The van der Waals surface area contributed by atoms with E-state index in [0.29, 0.717) is 10.7 Å². The zero-order valence-corrected chi connectivity index (χ0v) is 16.7. The van der Waals surface area contributed by atoms with Crippen molar-refractivity contribution < 1.29 is 14.7 Å². The molecule has 0 aromatic heterocycles. The highest BCUT2D eigenvalue weighted by Crippen LogP contribution is 2.64. The van der Waals surface area contributed by atoms with Crippen molar-refractivity contribution in [3.8, 4) is 0 Å². The molecular weight excluding hydrogens is 398 g/mol. The summed E-state index contributed by atoms with van der Waals surface area (Å²) in [6.07, 6.45) is 0. The average molecular weight is 416 g/mol. The van der Waals surface area contributed by atoms with Crippen molar-refractivity contribution in [1.82, 2.24) is 0 Å². The van der Waals surface area contributed by atoms with Crippen molar-refractivity contribution in [3.05, 3.63) is 100 Å². The molecule has 1 heterocycles. The van der Waals surface area contributed by atoms with Crippen LogP contribution in [0.2, 0.25) is 5.02 Å². The minimum absolute atomic E-state index is 0.204. The molecule has 148 valence electrons. The van der Waals surface area contributed by atoms with Gasteiger partial charge in [-0.15, -0.1) is 0 Å². The minimum atomic E-state index is -0.930. The summed E-state index contributed by atoms with van der Waals surface area (Å²) in [6.45, 7) is -0.234. The van der Waals surface area contributed by atoms with Crippen LogP contribution in [0.3, 0.4) is 0 Å². The Bertz CT molecular complexity index is 1170. The molecule has 1 aliphatic heterocycles. The minimum Gasteiger partial charge on any atom is -0.395 e. The molecule has 0 spiro atoms. The second-order valence-corrected chi connectivity index (χ2v) is 8.71. The lowest BCUT2D eigenvalue weighted by Gasteiger charge is -2.53. The first kappa shape index (κ1) is 17.9. The van der Waals surface area contributed by atoms with Gasteiger partial charge in [-0.05, 0) is 46.5 Å². The number of anilines is 1. The molecule has 3 aliphatic carbocycles. The van der Waals surface area contributed by atoms with E-state index in [0.717, 1.165) is 22.3 Å². The molecule has 3 aromatic rings. The molecule has 7 rings (SSSR count). The van der Waals surface area contributed by atoms with Crippen molar-refractivity contribution in [2.45, 2.75) is 11.3 Å². The number of benzene rings is 3. The number of hydrogen-bond acceptors (Lipinski definition) is 3. The Morgan fingerprint density at radius 3 is 1.97 bits per heavy atom. The monoisotopic (exact) mass is 415 g/mol. The van der Waals surface area contributed by atoms with Gasteiger partial charge in [-0.25, -0.2) is 4.90 Å². The summed E-state index contributed by atoms with van der Waals surface area (Å²) < 4.78 is 0. The number of rotatable bonds is 2. The largest absolute Gasteiger partial charge is 0.395 e. The van der Waals surface area contributed by atoms with E-state index in [1.807, 2.05) is 48.5 Å². The second kappa shape index (κ2) is 6.03. The van der Waals surface area contributed by atoms with Gasteiger partial charge in [-0.1, -0.05) is 60.1 Å². The molecule has 1 saturated heterocycles. The fourth-order valence-corrected chi connectivity index (χ4v) is 6.17. The Morgan fingerprint density at radius 2 is 1.40 bits per heavy atom. The van der Waals surface area contributed by atoms with Crippen molar-refractivity contribution in [1.29, 1.82) is 0 Å². The van der Waals surface area contributed by atoms with Crippen LogP contribution in [0.5, 0.6) is 0 Å². The molecule has 0 saturated carbocycles. The van der Waals surface area contributed by atoms with E-state index in [4.69, 9.17) is 11.6 Å². The highest BCUT2D eigenvalue weighted by molar-refractivity contribution is 6.31. The van der Waals surface area contributed by atoms with Crippen LogP contribution >= 0.6 is 11.6 Å². The van der Waals surface area contributed by atoms with Crippen LogP contribution < -0.4 is 4.90 Å². The van der Waals surface area contributed by atoms with Gasteiger partial charge in [-0.2, -0.15) is 0 Å². The Labute approximate surface area is 178 Å². The Morgan fingerprint density at radius 1 is 0.833 bits per heavy atom. The number of imide groups is 1. The number of nitrogens with zero attached hydrogens (tertiary/aromatic N) is 1. The van der Waals surface area contributed by atoms with E-state index in [1.165, 1.54) is 4.90 Å². The summed E-state index contributed by atoms with van der Waals surface area (Å²) in [4.78, 5) is 28.8. The van der Waals surface area contributed by atoms with Crippen LogP contribution in [0, 0.1) is 11.8 Å². The molecule has 5 heteroatoms. The standard InChI is InChI=1S/C25H18ClNO3/c26-14-9-11-15(12-10-14)27-23(29)21-20-16-5-1-3-7-18(16)25(13-28,22(21)24(27)30)19-8-4-2-6-17(19)20/h1-12,20-22,28H,13H2/t20?,21-,22+,25?/m1/s1. The van der Waals surface area contributed by atoms with Gasteiger partial charge in [0.2, 0.25) is 11.8 Å². The van der Waals surface area contributed by atoms with Crippen LogP contribution in [-0.2, 0) is 15.0 Å². The molecule has 2 atom stereocenters. The third-order valence-corrected chi connectivity index (χ3v) is 7.38. The lowest BCUT2D eigenvalue weighted by Crippen LogP contribution is -2.55. The van der Waals surface area contributed by atoms with E-state index >= 15 is 0 Å². The van der Waals surface area contributed by atoms with Crippen LogP contribution in [0.25, 0.3) is 0 Å². The first-order valence-electron chi connectivity index (χ1n) is 10.0. The molecule has 1 fully saturated rings. The van der Waals surface area contributed by atoms with Gasteiger partial charge in [-0.3, -0.25) is 9.59 Å². The number of carbonyl (C=O) groups is 2. The summed E-state index contributed by atoms with van der Waals surface area (Å²) in [5.74, 6) is -1.84. The average Bonchev–Trinajstić information content (AvgIpc) is 3.05. The van der Waals surface area contributed by atoms with Crippen molar-refractivity contribution in [3.63, 3.8) is 0 Å². The molecule has 0 radical (unpaired) electrons. The number of halogens is 1. The van der Waals surface area contributed by atoms with E-state index in [9.17, 15) is 14.7 Å². The van der Waals surface area contributed by atoms with Gasteiger partial charge in [0.05, 0.1) is 29.5 Å². The van der Waals surface area contributed by atoms with Crippen molar-refractivity contribution in [2.75, 3.05) is 11.5 Å². The Hall–Kier alpha value is -2.95. The van der Waals surface area contributed by atoms with Gasteiger partial charge in [0.1, 0.15) is 0 Å². The number of aliphatic hydroxyl groups excluding tert-OH is 1.